The second-order valence-corrected chi connectivity index (χ2v) is 6.30. The number of ether oxygens (including phenoxy) is 2. The van der Waals surface area contributed by atoms with Crippen molar-refractivity contribution in [2.24, 2.45) is 0 Å². The Morgan fingerprint density at radius 2 is 1.93 bits per heavy atom. The molecule has 9 heteroatoms. The van der Waals surface area contributed by atoms with Crippen molar-refractivity contribution in [3.8, 4) is 11.5 Å². The van der Waals surface area contributed by atoms with Gasteiger partial charge in [-0.1, -0.05) is 18.2 Å². The number of nitrogens with one attached hydrogen (secondary N) is 1. The third kappa shape index (κ3) is 3.60. The number of imidazole rings is 1. The van der Waals surface area contributed by atoms with Crippen LogP contribution >= 0.6 is 0 Å². The van der Waals surface area contributed by atoms with Gasteiger partial charge in [-0.15, -0.1) is 0 Å². The SMILES string of the molecule is O=C(Cn1c(C(F)(F)F)nc2ccccc21)NCCc1ccc2c(c1)OCO2. The quantitative estimate of drug-likeness (QED) is 0.726. The summed E-state index contributed by atoms with van der Waals surface area (Å²) in [7, 11) is 0. The molecule has 0 saturated heterocycles. The average molecular weight is 391 g/mol. The van der Waals surface area contributed by atoms with Crippen molar-refractivity contribution < 1.29 is 27.4 Å². The van der Waals surface area contributed by atoms with E-state index in [9.17, 15) is 18.0 Å². The van der Waals surface area contributed by atoms with Crippen LogP contribution in [0.1, 0.15) is 11.4 Å². The lowest BCUT2D eigenvalue weighted by Crippen LogP contribution is -2.31. The van der Waals surface area contributed by atoms with Crippen LogP contribution in [0.5, 0.6) is 11.5 Å². The van der Waals surface area contributed by atoms with Crippen LogP contribution in [0.25, 0.3) is 11.0 Å². The fourth-order valence-electron chi connectivity index (χ4n) is 3.09. The normalized spacial score (nSPS) is 13.1. The molecule has 0 bridgehead atoms. The molecule has 0 spiro atoms. The first-order valence-electron chi connectivity index (χ1n) is 8.59. The highest BCUT2D eigenvalue weighted by atomic mass is 19.4. The van der Waals surface area contributed by atoms with Crippen LogP contribution in [0.15, 0.2) is 42.5 Å². The zero-order valence-corrected chi connectivity index (χ0v) is 14.6. The van der Waals surface area contributed by atoms with Crippen LogP contribution < -0.4 is 14.8 Å². The van der Waals surface area contributed by atoms with E-state index in [2.05, 4.69) is 10.3 Å². The molecule has 0 radical (unpaired) electrons. The van der Waals surface area contributed by atoms with E-state index in [0.717, 1.165) is 10.1 Å². The molecule has 6 nitrogen and oxygen atoms in total. The molecule has 0 aliphatic carbocycles. The van der Waals surface area contributed by atoms with Gasteiger partial charge in [0.25, 0.3) is 0 Å². The highest BCUT2D eigenvalue weighted by Gasteiger charge is 2.37. The van der Waals surface area contributed by atoms with Gasteiger partial charge in [-0.2, -0.15) is 13.2 Å². The maximum absolute atomic E-state index is 13.3. The van der Waals surface area contributed by atoms with Gasteiger partial charge in [-0.3, -0.25) is 4.79 Å². The lowest BCUT2D eigenvalue weighted by atomic mass is 10.1. The van der Waals surface area contributed by atoms with Crippen molar-refractivity contribution in [3.63, 3.8) is 0 Å². The molecule has 2 aromatic carbocycles. The van der Waals surface area contributed by atoms with E-state index in [1.54, 1.807) is 18.2 Å². The zero-order valence-electron chi connectivity index (χ0n) is 14.6. The Kier molecular flexibility index (Phi) is 4.58. The fraction of sp³-hybridized carbons (Fsp3) is 0.263. The molecule has 1 amide bonds. The van der Waals surface area contributed by atoms with Crippen molar-refractivity contribution in [2.75, 3.05) is 13.3 Å². The number of fused-ring (bicyclic) bond motifs is 2. The Labute approximate surface area is 157 Å². The molecule has 2 heterocycles. The third-order valence-corrected chi connectivity index (χ3v) is 4.38. The highest BCUT2D eigenvalue weighted by molar-refractivity contribution is 5.81. The number of benzene rings is 2. The molecule has 1 aromatic heterocycles. The minimum absolute atomic E-state index is 0.177. The molecule has 0 fully saturated rings. The zero-order chi connectivity index (χ0) is 19.7. The smallest absolute Gasteiger partial charge is 0.449 e. The van der Waals surface area contributed by atoms with E-state index in [4.69, 9.17) is 9.47 Å². The summed E-state index contributed by atoms with van der Waals surface area (Å²) >= 11 is 0. The predicted molar refractivity (Wildman–Crippen MR) is 94.0 cm³/mol. The summed E-state index contributed by atoms with van der Waals surface area (Å²) in [5, 5.41) is 2.65. The Morgan fingerprint density at radius 1 is 1.14 bits per heavy atom. The molecule has 4 rings (SSSR count). The number of carbonyl (C=O) groups is 1. The number of alkyl halides is 3. The molecule has 0 atom stereocenters. The Hall–Kier alpha value is -3.23. The number of carbonyl (C=O) groups excluding carboxylic acids is 1. The molecular weight excluding hydrogens is 375 g/mol. The second kappa shape index (κ2) is 7.06. The summed E-state index contributed by atoms with van der Waals surface area (Å²) in [4.78, 5) is 15.9. The van der Waals surface area contributed by atoms with Gasteiger partial charge in [0.1, 0.15) is 6.54 Å². The molecule has 1 aliphatic rings. The lowest BCUT2D eigenvalue weighted by molar-refractivity contribution is -0.147. The summed E-state index contributed by atoms with van der Waals surface area (Å²) in [6.07, 6.45) is -4.13. The minimum atomic E-state index is -4.65. The van der Waals surface area contributed by atoms with Gasteiger partial charge in [0.05, 0.1) is 11.0 Å². The van der Waals surface area contributed by atoms with E-state index in [1.165, 1.54) is 12.1 Å². The van der Waals surface area contributed by atoms with Crippen molar-refractivity contribution >= 4 is 16.9 Å². The van der Waals surface area contributed by atoms with Gasteiger partial charge in [-0.25, -0.2) is 4.98 Å². The van der Waals surface area contributed by atoms with Gasteiger partial charge in [-0.05, 0) is 36.2 Å². The Bertz CT molecular complexity index is 1030. The maximum atomic E-state index is 13.3. The summed E-state index contributed by atoms with van der Waals surface area (Å²) in [6.45, 7) is -0.00111. The largest absolute Gasteiger partial charge is 0.454 e. The van der Waals surface area contributed by atoms with E-state index in [0.29, 0.717) is 17.9 Å². The first kappa shape index (κ1) is 18.1. The van der Waals surface area contributed by atoms with Crippen LogP contribution in [0, 0.1) is 0 Å². The average Bonchev–Trinajstić information content (AvgIpc) is 3.26. The number of hydrogen-bond acceptors (Lipinski definition) is 4. The van der Waals surface area contributed by atoms with Gasteiger partial charge in [0.2, 0.25) is 18.5 Å². The summed E-state index contributed by atoms with van der Waals surface area (Å²) in [5.74, 6) is -0.294. The molecular formula is C19H16F3N3O3. The van der Waals surface area contributed by atoms with Gasteiger partial charge in [0.15, 0.2) is 11.5 Å². The molecule has 28 heavy (non-hydrogen) atoms. The Balaban J connectivity index is 1.42. The van der Waals surface area contributed by atoms with Gasteiger partial charge in [0, 0.05) is 6.54 Å². The summed E-state index contributed by atoms with van der Waals surface area (Å²) in [5.41, 5.74) is 1.39. The van der Waals surface area contributed by atoms with Crippen LogP contribution in [0.2, 0.25) is 0 Å². The topological polar surface area (TPSA) is 65.4 Å². The van der Waals surface area contributed by atoms with Crippen LogP contribution in [0.3, 0.4) is 0 Å². The predicted octanol–water partition coefficient (Wildman–Crippen LogP) is 3.14. The number of rotatable bonds is 5. The maximum Gasteiger partial charge on any atom is 0.449 e. The number of halogens is 3. The van der Waals surface area contributed by atoms with Crippen LogP contribution in [-0.4, -0.2) is 28.8 Å². The van der Waals surface area contributed by atoms with Crippen LogP contribution in [0.4, 0.5) is 13.2 Å². The molecule has 1 aliphatic heterocycles. The third-order valence-electron chi connectivity index (χ3n) is 4.38. The fourth-order valence-corrected chi connectivity index (χ4v) is 3.09. The lowest BCUT2D eigenvalue weighted by Gasteiger charge is -2.12. The van der Waals surface area contributed by atoms with Crippen LogP contribution in [-0.2, 0) is 23.9 Å². The molecule has 0 unspecified atom stereocenters. The second-order valence-electron chi connectivity index (χ2n) is 6.30. The van der Waals surface area contributed by atoms with Gasteiger partial charge >= 0.3 is 6.18 Å². The number of amides is 1. The minimum Gasteiger partial charge on any atom is -0.454 e. The van der Waals surface area contributed by atoms with Crippen molar-refractivity contribution in [1.82, 2.24) is 14.9 Å². The number of aromatic nitrogens is 2. The van der Waals surface area contributed by atoms with E-state index >= 15 is 0 Å². The van der Waals surface area contributed by atoms with Crippen molar-refractivity contribution in [2.45, 2.75) is 19.1 Å². The monoisotopic (exact) mass is 391 g/mol. The highest BCUT2D eigenvalue weighted by Crippen LogP contribution is 2.33. The molecule has 1 N–H and O–H groups in total. The summed E-state index contributed by atoms with van der Waals surface area (Å²) < 4.78 is 51.3. The van der Waals surface area contributed by atoms with E-state index in [1.807, 2.05) is 12.1 Å². The Morgan fingerprint density at radius 3 is 2.75 bits per heavy atom. The van der Waals surface area contributed by atoms with E-state index in [-0.39, 0.29) is 24.4 Å². The standard InChI is InChI=1S/C19H16F3N3O3/c20-19(21,22)18-24-13-3-1-2-4-14(13)25(18)10-17(26)23-8-7-12-5-6-15-16(9-12)28-11-27-15/h1-6,9H,7-8,10-11H2,(H,23,26). The molecule has 0 saturated carbocycles. The van der Waals surface area contributed by atoms with E-state index < -0.39 is 24.5 Å². The molecule has 146 valence electrons. The van der Waals surface area contributed by atoms with Gasteiger partial charge < -0.3 is 19.4 Å². The van der Waals surface area contributed by atoms with Crippen molar-refractivity contribution in [1.29, 1.82) is 0 Å². The number of hydrogen-bond donors (Lipinski definition) is 1. The molecule has 3 aromatic rings. The number of nitrogens with zero attached hydrogens (tertiary/aromatic N) is 2. The first-order valence-corrected chi connectivity index (χ1v) is 8.59. The first-order chi connectivity index (χ1) is 13.4. The number of para-hydroxylation sites is 2. The van der Waals surface area contributed by atoms with Crippen molar-refractivity contribution in [3.05, 3.63) is 53.9 Å². The summed E-state index contributed by atoms with van der Waals surface area (Å²) in [6, 6.07) is 11.7.